The van der Waals surface area contributed by atoms with Crippen molar-refractivity contribution in [3.05, 3.63) is 35.6 Å². The van der Waals surface area contributed by atoms with E-state index in [1.54, 1.807) is 18.2 Å². The number of nitrogens with zero attached hydrogens (tertiary/aromatic N) is 2. The second-order valence-electron chi connectivity index (χ2n) is 2.75. The van der Waals surface area contributed by atoms with Crippen molar-refractivity contribution in [1.29, 1.82) is 0 Å². The molecule has 0 atom stereocenters. The smallest absolute Gasteiger partial charge is 0.174 e. The average molecular weight is 211 g/mol. The molecule has 0 unspecified atom stereocenters. The van der Waals surface area contributed by atoms with E-state index in [1.165, 1.54) is 16.9 Å². The Morgan fingerprint density at radius 3 is 2.64 bits per heavy atom. The second-order valence-corrected chi connectivity index (χ2v) is 3.11. The van der Waals surface area contributed by atoms with E-state index < -0.39 is 0 Å². The normalized spacial score (nSPS) is 10.4. The van der Waals surface area contributed by atoms with Crippen molar-refractivity contribution in [3.63, 3.8) is 0 Å². The SMILES string of the molecule is Oc1cccc(-n2ncc(O)c2Cl)c1. The number of aromatic hydroxyl groups is 2. The molecule has 0 saturated carbocycles. The third-order valence-electron chi connectivity index (χ3n) is 1.77. The van der Waals surface area contributed by atoms with Gasteiger partial charge in [-0.15, -0.1) is 0 Å². The quantitative estimate of drug-likeness (QED) is 0.756. The Morgan fingerprint density at radius 1 is 1.29 bits per heavy atom. The van der Waals surface area contributed by atoms with Crippen LogP contribution in [0, 0.1) is 0 Å². The summed E-state index contributed by atoms with van der Waals surface area (Å²) in [6.07, 6.45) is 1.24. The van der Waals surface area contributed by atoms with Crippen molar-refractivity contribution in [1.82, 2.24) is 9.78 Å². The summed E-state index contributed by atoms with van der Waals surface area (Å²) in [5.41, 5.74) is 0.593. The molecule has 0 aliphatic rings. The zero-order valence-corrected chi connectivity index (χ0v) is 7.81. The topological polar surface area (TPSA) is 58.3 Å². The summed E-state index contributed by atoms with van der Waals surface area (Å²) in [6.45, 7) is 0. The fraction of sp³-hybridized carbons (Fsp3) is 0. The van der Waals surface area contributed by atoms with Crippen LogP contribution in [0.4, 0.5) is 0 Å². The Balaban J connectivity index is 2.55. The lowest BCUT2D eigenvalue weighted by Crippen LogP contribution is -1.95. The van der Waals surface area contributed by atoms with Gasteiger partial charge in [0.05, 0.1) is 11.9 Å². The number of phenols is 1. The van der Waals surface area contributed by atoms with Gasteiger partial charge >= 0.3 is 0 Å². The predicted octanol–water partition coefficient (Wildman–Crippen LogP) is 1.94. The van der Waals surface area contributed by atoms with E-state index in [2.05, 4.69) is 5.10 Å². The van der Waals surface area contributed by atoms with Gasteiger partial charge in [-0.2, -0.15) is 5.10 Å². The summed E-state index contributed by atoms with van der Waals surface area (Å²) in [7, 11) is 0. The zero-order chi connectivity index (χ0) is 10.1. The molecule has 4 nitrogen and oxygen atoms in total. The Bertz CT molecular complexity index is 468. The lowest BCUT2D eigenvalue weighted by atomic mass is 10.3. The third-order valence-corrected chi connectivity index (χ3v) is 2.12. The van der Waals surface area contributed by atoms with Crippen LogP contribution in [0.25, 0.3) is 5.69 Å². The molecule has 1 aromatic carbocycles. The summed E-state index contributed by atoms with van der Waals surface area (Å²) < 4.78 is 1.33. The highest BCUT2D eigenvalue weighted by atomic mass is 35.5. The highest BCUT2D eigenvalue weighted by molar-refractivity contribution is 6.31. The van der Waals surface area contributed by atoms with Gasteiger partial charge in [0, 0.05) is 6.07 Å². The third kappa shape index (κ3) is 1.40. The van der Waals surface area contributed by atoms with Crippen LogP contribution < -0.4 is 0 Å². The van der Waals surface area contributed by atoms with E-state index in [9.17, 15) is 10.2 Å². The maximum Gasteiger partial charge on any atom is 0.174 e. The van der Waals surface area contributed by atoms with Crippen molar-refractivity contribution in [2.24, 2.45) is 0 Å². The second kappa shape index (κ2) is 3.23. The van der Waals surface area contributed by atoms with Crippen LogP contribution in [0.2, 0.25) is 5.15 Å². The Hall–Kier alpha value is -1.68. The fourth-order valence-corrected chi connectivity index (χ4v) is 1.32. The number of hydrogen-bond acceptors (Lipinski definition) is 3. The maximum absolute atomic E-state index is 9.23. The molecule has 14 heavy (non-hydrogen) atoms. The van der Waals surface area contributed by atoms with E-state index in [0.29, 0.717) is 5.69 Å². The van der Waals surface area contributed by atoms with Gasteiger partial charge in [-0.3, -0.25) is 0 Å². The van der Waals surface area contributed by atoms with Gasteiger partial charge in [-0.05, 0) is 12.1 Å². The van der Waals surface area contributed by atoms with Gasteiger partial charge < -0.3 is 10.2 Å². The lowest BCUT2D eigenvalue weighted by Gasteiger charge is -2.02. The first kappa shape index (κ1) is 8.90. The van der Waals surface area contributed by atoms with Gasteiger partial charge in [-0.25, -0.2) is 4.68 Å². The fourth-order valence-electron chi connectivity index (χ4n) is 1.13. The summed E-state index contributed by atoms with van der Waals surface area (Å²) in [5, 5.41) is 22.4. The first-order chi connectivity index (χ1) is 6.68. The standard InChI is InChI=1S/C9H7ClN2O2/c10-9-8(14)5-11-12(9)6-2-1-3-7(13)4-6/h1-5,13-14H. The maximum atomic E-state index is 9.23. The molecule has 1 aromatic heterocycles. The summed E-state index contributed by atoms with van der Waals surface area (Å²) in [6, 6.07) is 6.43. The molecule has 2 N–H and O–H groups in total. The highest BCUT2D eigenvalue weighted by Crippen LogP contribution is 2.26. The molecule has 0 aliphatic heterocycles. The minimum absolute atomic E-state index is 0.0880. The molecule has 5 heteroatoms. The van der Waals surface area contributed by atoms with Crippen LogP contribution in [0.3, 0.4) is 0 Å². The number of benzene rings is 1. The largest absolute Gasteiger partial charge is 0.508 e. The number of halogens is 1. The molecule has 0 saturated heterocycles. The van der Waals surface area contributed by atoms with Crippen molar-refractivity contribution in [3.8, 4) is 17.2 Å². The highest BCUT2D eigenvalue weighted by Gasteiger charge is 2.08. The minimum atomic E-state index is -0.0880. The number of rotatable bonds is 1. The van der Waals surface area contributed by atoms with Crippen molar-refractivity contribution < 1.29 is 10.2 Å². The molecule has 0 bridgehead atoms. The monoisotopic (exact) mass is 210 g/mol. The molecule has 0 fully saturated rings. The summed E-state index contributed by atoms with van der Waals surface area (Å²) in [5.74, 6) is 0.0311. The summed E-state index contributed by atoms with van der Waals surface area (Å²) in [4.78, 5) is 0. The van der Waals surface area contributed by atoms with Crippen LogP contribution >= 0.6 is 11.6 Å². The van der Waals surface area contributed by atoms with Crippen molar-refractivity contribution >= 4 is 11.6 Å². The van der Waals surface area contributed by atoms with Crippen LogP contribution in [0.5, 0.6) is 11.5 Å². The molecule has 0 radical (unpaired) electrons. The molecule has 2 aromatic rings. The minimum Gasteiger partial charge on any atom is -0.508 e. The van der Waals surface area contributed by atoms with Crippen molar-refractivity contribution in [2.45, 2.75) is 0 Å². The number of hydrogen-bond donors (Lipinski definition) is 2. The number of phenolic OH excluding ortho intramolecular Hbond substituents is 1. The van der Waals surface area contributed by atoms with Gasteiger partial charge in [-0.1, -0.05) is 17.7 Å². The molecule has 72 valence electrons. The molecule has 0 spiro atoms. The van der Waals surface area contributed by atoms with Gasteiger partial charge in [0.25, 0.3) is 0 Å². The van der Waals surface area contributed by atoms with Crippen LogP contribution in [-0.2, 0) is 0 Å². The molecular formula is C9H7ClN2O2. The summed E-state index contributed by atoms with van der Waals surface area (Å²) >= 11 is 5.76. The Kier molecular flexibility index (Phi) is 2.05. The Morgan fingerprint density at radius 2 is 2.07 bits per heavy atom. The van der Waals surface area contributed by atoms with E-state index >= 15 is 0 Å². The van der Waals surface area contributed by atoms with E-state index in [0.717, 1.165) is 0 Å². The van der Waals surface area contributed by atoms with E-state index in [4.69, 9.17) is 11.6 Å². The van der Waals surface area contributed by atoms with E-state index in [1.807, 2.05) is 0 Å². The zero-order valence-electron chi connectivity index (χ0n) is 7.05. The van der Waals surface area contributed by atoms with Crippen LogP contribution in [0.1, 0.15) is 0 Å². The van der Waals surface area contributed by atoms with Gasteiger partial charge in [0.1, 0.15) is 5.75 Å². The van der Waals surface area contributed by atoms with E-state index in [-0.39, 0.29) is 16.7 Å². The van der Waals surface area contributed by atoms with Crippen LogP contribution in [-0.4, -0.2) is 20.0 Å². The first-order valence-corrected chi connectivity index (χ1v) is 4.28. The Labute approximate surface area is 85.0 Å². The van der Waals surface area contributed by atoms with Crippen LogP contribution in [0.15, 0.2) is 30.5 Å². The lowest BCUT2D eigenvalue weighted by molar-refractivity contribution is 0.473. The molecular weight excluding hydrogens is 204 g/mol. The first-order valence-electron chi connectivity index (χ1n) is 3.90. The molecule has 2 rings (SSSR count). The van der Waals surface area contributed by atoms with Gasteiger partial charge in [0.2, 0.25) is 0 Å². The van der Waals surface area contributed by atoms with Gasteiger partial charge in [0.15, 0.2) is 10.9 Å². The number of aromatic nitrogens is 2. The predicted molar refractivity (Wildman–Crippen MR) is 51.9 cm³/mol. The van der Waals surface area contributed by atoms with Crippen molar-refractivity contribution in [2.75, 3.05) is 0 Å². The average Bonchev–Trinajstić information content (AvgIpc) is 2.48. The molecule has 0 amide bonds. The molecule has 1 heterocycles. The molecule has 0 aliphatic carbocycles.